The minimum absolute atomic E-state index is 0. The summed E-state index contributed by atoms with van der Waals surface area (Å²) in [6, 6.07) is 14.2. The summed E-state index contributed by atoms with van der Waals surface area (Å²) < 4.78 is 0. The topological polar surface area (TPSA) is 56.7 Å². The van der Waals surface area contributed by atoms with Crippen LogP contribution in [0.15, 0.2) is 47.5 Å². The molecule has 0 radical (unpaired) electrons. The maximum Gasteiger partial charge on any atom is 0.253 e. The van der Waals surface area contributed by atoms with Crippen LogP contribution < -0.4 is 10.6 Å². The monoisotopic (exact) mass is 494 g/mol. The van der Waals surface area contributed by atoms with Gasteiger partial charge in [0.15, 0.2) is 5.96 Å². The molecule has 0 aliphatic carbocycles. The maximum absolute atomic E-state index is 11.9. The van der Waals surface area contributed by atoms with Crippen LogP contribution in [-0.4, -0.2) is 44.5 Å². The van der Waals surface area contributed by atoms with E-state index in [0.717, 1.165) is 24.5 Å². The molecule has 0 bridgehead atoms. The summed E-state index contributed by atoms with van der Waals surface area (Å²) in [6.07, 6.45) is 0.953. The normalized spacial score (nSPS) is 10.8. The molecule has 0 saturated heterocycles. The van der Waals surface area contributed by atoms with E-state index in [4.69, 9.17) is 0 Å². The van der Waals surface area contributed by atoms with Crippen molar-refractivity contribution in [3.63, 3.8) is 0 Å². The van der Waals surface area contributed by atoms with E-state index in [0.29, 0.717) is 12.1 Å². The first-order valence-corrected chi connectivity index (χ1v) is 9.22. The third kappa shape index (κ3) is 7.14. The van der Waals surface area contributed by atoms with Gasteiger partial charge in [0.1, 0.15) is 0 Å². The van der Waals surface area contributed by atoms with Crippen LogP contribution in [0.2, 0.25) is 0 Å². The van der Waals surface area contributed by atoms with Crippen LogP contribution >= 0.6 is 24.0 Å². The zero-order chi connectivity index (χ0) is 19.8. The Morgan fingerprint density at radius 1 is 1.04 bits per heavy atom. The average molecular weight is 494 g/mol. The highest BCUT2D eigenvalue weighted by atomic mass is 127. The number of guanidine groups is 1. The number of carbonyl (C=O) groups is 1. The van der Waals surface area contributed by atoms with Gasteiger partial charge in [-0.25, -0.2) is 0 Å². The summed E-state index contributed by atoms with van der Waals surface area (Å²) in [7, 11) is 5.28. The van der Waals surface area contributed by atoms with E-state index in [9.17, 15) is 4.79 Å². The predicted molar refractivity (Wildman–Crippen MR) is 128 cm³/mol. The molecule has 0 fully saturated rings. The first kappa shape index (κ1) is 23.9. The third-order valence-corrected chi connectivity index (χ3v) is 4.48. The predicted octanol–water partition coefficient (Wildman–Crippen LogP) is 3.53. The highest BCUT2D eigenvalue weighted by Gasteiger charge is 2.07. The molecule has 2 aromatic rings. The number of hydrogen-bond donors (Lipinski definition) is 2. The van der Waals surface area contributed by atoms with Gasteiger partial charge in [0.05, 0.1) is 0 Å². The third-order valence-electron chi connectivity index (χ3n) is 4.48. The van der Waals surface area contributed by atoms with Crippen molar-refractivity contribution in [2.24, 2.45) is 4.99 Å². The number of carbonyl (C=O) groups excluding carboxylic acids is 1. The number of nitrogens with zero attached hydrogens (tertiary/aromatic N) is 2. The minimum Gasteiger partial charge on any atom is -0.356 e. The molecule has 6 heteroatoms. The molecule has 5 nitrogen and oxygen atoms in total. The van der Waals surface area contributed by atoms with Crippen molar-refractivity contribution in [3.05, 3.63) is 70.3 Å². The van der Waals surface area contributed by atoms with Gasteiger partial charge >= 0.3 is 0 Å². The number of benzene rings is 2. The number of aliphatic imine (C=N–C) groups is 1. The smallest absolute Gasteiger partial charge is 0.253 e. The molecule has 28 heavy (non-hydrogen) atoms. The van der Waals surface area contributed by atoms with Crippen molar-refractivity contribution in [1.29, 1.82) is 0 Å². The number of nitrogens with one attached hydrogen (secondary N) is 2. The summed E-state index contributed by atoms with van der Waals surface area (Å²) in [4.78, 5) is 17.8. The number of aryl methyl sites for hydroxylation is 2. The van der Waals surface area contributed by atoms with Gasteiger partial charge in [0.2, 0.25) is 0 Å². The van der Waals surface area contributed by atoms with Gasteiger partial charge in [-0.3, -0.25) is 9.79 Å². The van der Waals surface area contributed by atoms with Gasteiger partial charge in [-0.2, -0.15) is 0 Å². The second-order valence-corrected chi connectivity index (χ2v) is 6.93. The summed E-state index contributed by atoms with van der Waals surface area (Å²) in [5.41, 5.74) is 5.76. The van der Waals surface area contributed by atoms with E-state index >= 15 is 0 Å². The molecule has 152 valence electrons. The van der Waals surface area contributed by atoms with Crippen LogP contribution in [0.3, 0.4) is 0 Å². The van der Waals surface area contributed by atoms with Gasteiger partial charge in [-0.05, 0) is 49.1 Å². The molecule has 0 aliphatic rings. The highest BCUT2D eigenvalue weighted by Crippen LogP contribution is 2.10. The number of halogens is 1. The van der Waals surface area contributed by atoms with Crippen molar-refractivity contribution in [2.75, 3.05) is 27.7 Å². The quantitative estimate of drug-likeness (QED) is 0.367. The molecule has 0 spiro atoms. The molecule has 2 aromatic carbocycles. The lowest BCUT2D eigenvalue weighted by molar-refractivity contribution is 0.0827. The SMILES string of the molecule is CN=C(NCCc1ccc(C)cc1C)NCc1ccc(C(=O)N(C)C)cc1.I. The van der Waals surface area contributed by atoms with E-state index in [1.807, 2.05) is 24.3 Å². The van der Waals surface area contributed by atoms with Gasteiger partial charge in [0.25, 0.3) is 5.91 Å². The van der Waals surface area contributed by atoms with Crippen LogP contribution in [0, 0.1) is 13.8 Å². The fourth-order valence-corrected chi connectivity index (χ4v) is 2.87. The van der Waals surface area contributed by atoms with E-state index < -0.39 is 0 Å². The molecule has 2 rings (SSSR count). The van der Waals surface area contributed by atoms with Crippen molar-refractivity contribution >= 4 is 35.8 Å². The van der Waals surface area contributed by atoms with E-state index in [1.54, 1.807) is 26.0 Å². The zero-order valence-corrected chi connectivity index (χ0v) is 19.7. The van der Waals surface area contributed by atoms with Crippen molar-refractivity contribution in [3.8, 4) is 0 Å². The Kier molecular flexibility index (Phi) is 9.99. The molecule has 0 saturated carbocycles. The lowest BCUT2D eigenvalue weighted by Crippen LogP contribution is -2.37. The van der Waals surface area contributed by atoms with E-state index in [2.05, 4.69) is 47.7 Å². The second-order valence-electron chi connectivity index (χ2n) is 6.93. The highest BCUT2D eigenvalue weighted by molar-refractivity contribution is 14.0. The summed E-state index contributed by atoms with van der Waals surface area (Å²) in [5.74, 6) is 0.784. The van der Waals surface area contributed by atoms with Gasteiger partial charge in [-0.1, -0.05) is 35.9 Å². The fourth-order valence-electron chi connectivity index (χ4n) is 2.87. The standard InChI is InChI=1S/C22H30N4O.HI/c1-16-6-9-19(17(2)14-16)12-13-24-22(23-3)25-15-18-7-10-20(11-8-18)21(27)26(4)5;/h6-11,14H,12-13,15H2,1-5H3,(H2,23,24,25);1H. The van der Waals surface area contributed by atoms with E-state index in [1.165, 1.54) is 16.7 Å². The van der Waals surface area contributed by atoms with Gasteiger partial charge in [0, 0.05) is 39.8 Å². The molecule has 1 amide bonds. The molecule has 0 atom stereocenters. The van der Waals surface area contributed by atoms with Crippen LogP contribution in [0.1, 0.15) is 32.6 Å². The van der Waals surface area contributed by atoms with Crippen LogP contribution in [-0.2, 0) is 13.0 Å². The Balaban J connectivity index is 0.00000392. The Hall–Kier alpha value is -2.09. The lowest BCUT2D eigenvalue weighted by atomic mass is 10.0. The number of rotatable bonds is 6. The Bertz CT molecular complexity index is 801. The van der Waals surface area contributed by atoms with Crippen LogP contribution in [0.5, 0.6) is 0 Å². The number of hydrogen-bond acceptors (Lipinski definition) is 2. The van der Waals surface area contributed by atoms with Crippen molar-refractivity contribution in [1.82, 2.24) is 15.5 Å². The summed E-state index contributed by atoms with van der Waals surface area (Å²) >= 11 is 0. The molecular weight excluding hydrogens is 463 g/mol. The Morgan fingerprint density at radius 3 is 2.29 bits per heavy atom. The van der Waals surface area contributed by atoms with Gasteiger partial charge < -0.3 is 15.5 Å². The van der Waals surface area contributed by atoms with Crippen LogP contribution in [0.25, 0.3) is 0 Å². The minimum atomic E-state index is 0. The molecular formula is C22H31IN4O. The Morgan fingerprint density at radius 2 is 1.71 bits per heavy atom. The molecule has 0 unspecified atom stereocenters. The summed E-state index contributed by atoms with van der Waals surface area (Å²) in [5, 5.41) is 6.66. The van der Waals surface area contributed by atoms with E-state index in [-0.39, 0.29) is 29.9 Å². The number of amides is 1. The molecule has 0 heterocycles. The lowest BCUT2D eigenvalue weighted by Gasteiger charge is -2.14. The first-order chi connectivity index (χ1) is 12.9. The largest absolute Gasteiger partial charge is 0.356 e. The molecule has 0 aliphatic heterocycles. The zero-order valence-electron chi connectivity index (χ0n) is 17.4. The maximum atomic E-state index is 11.9. The fraction of sp³-hybridized carbons (Fsp3) is 0.364. The van der Waals surface area contributed by atoms with Crippen LogP contribution in [0.4, 0.5) is 0 Å². The average Bonchev–Trinajstić information content (AvgIpc) is 2.65. The summed E-state index contributed by atoms with van der Waals surface area (Å²) in [6.45, 7) is 5.74. The van der Waals surface area contributed by atoms with Crippen molar-refractivity contribution < 1.29 is 4.79 Å². The Labute approximate surface area is 185 Å². The van der Waals surface area contributed by atoms with Crippen molar-refractivity contribution in [2.45, 2.75) is 26.8 Å². The van der Waals surface area contributed by atoms with Gasteiger partial charge in [-0.15, -0.1) is 24.0 Å². The first-order valence-electron chi connectivity index (χ1n) is 9.22. The molecule has 0 aromatic heterocycles. The second kappa shape index (κ2) is 11.7. The molecule has 2 N–H and O–H groups in total.